The van der Waals surface area contributed by atoms with Gasteiger partial charge in [-0.2, -0.15) is 0 Å². The van der Waals surface area contributed by atoms with Gasteiger partial charge in [-0.3, -0.25) is 0 Å². The molecule has 0 fully saturated rings. The van der Waals surface area contributed by atoms with Gasteiger partial charge in [0.2, 0.25) is 4.38 Å². The van der Waals surface area contributed by atoms with Gasteiger partial charge < -0.3 is 5.11 Å². The number of allylic oxidation sites excluding steroid dienone is 1. The van der Waals surface area contributed by atoms with Crippen LogP contribution >= 0.6 is 24.8 Å². The maximum atomic E-state index is 7.65. The number of thiocarbonyl (C=S) groups is 1. The molecule has 0 heterocycles. The Labute approximate surface area is 94.5 Å². The molecule has 0 unspecified atom stereocenters. The number of rotatable bonds is 1. The molecule has 1 N–H and O–H groups in total. The van der Waals surface area contributed by atoms with Crippen LogP contribution < -0.4 is 0 Å². The molecule has 42 valence electrons. The third-order valence-electron chi connectivity index (χ3n) is 0.289. The fourth-order valence-corrected chi connectivity index (χ4v) is 0. The van der Waals surface area contributed by atoms with E-state index in [0.29, 0.717) is 0 Å². The van der Waals surface area contributed by atoms with Crippen molar-refractivity contribution >= 4 is 78.2 Å². The number of aliphatic hydroxyl groups is 1. The minimum Gasteiger partial charge on any atom is -0.494 e. The summed E-state index contributed by atoms with van der Waals surface area (Å²) >= 11 is 8.20. The second-order valence-electron chi connectivity index (χ2n) is 0.979. The second kappa shape index (κ2) is 11.4. The van der Waals surface area contributed by atoms with Gasteiger partial charge in [0, 0.05) is 0 Å². The standard InChI is InChI=1S/C3H5.CH2OS2.K/c1-3-2;2-1(3)4;/h3H,1-2H2;(H2,2,3,4);. The van der Waals surface area contributed by atoms with Crippen molar-refractivity contribution in [2.75, 3.05) is 0 Å². The maximum absolute atomic E-state index is 7.65. The second-order valence-corrected chi connectivity index (χ2v) is 3.37. The Morgan fingerprint density at radius 3 is 2.12 bits per heavy atom. The predicted molar refractivity (Wildman–Crippen MR) is 45.0 cm³/mol. The molecule has 0 aliphatic carbocycles. The monoisotopic (exact) mass is 174 g/mol. The zero-order valence-corrected chi connectivity index (χ0v) is 9.63. The van der Waals surface area contributed by atoms with E-state index < -0.39 is 0 Å². The summed E-state index contributed by atoms with van der Waals surface area (Å²) in [6.07, 6.45) is 1.96. The molecule has 4 heteroatoms. The zero-order chi connectivity index (χ0) is 6.99. The molecular formula is C4H7KOS2. The van der Waals surface area contributed by atoms with E-state index in [-0.39, 0.29) is 4.38 Å². The Kier molecular flexibility index (Phi) is 17.6. The largest absolute Gasteiger partial charge is 0.494 e. The van der Waals surface area contributed by atoms with Crippen LogP contribution in [0.25, 0.3) is 0 Å². The Morgan fingerprint density at radius 1 is 2.00 bits per heavy atom. The van der Waals surface area contributed by atoms with E-state index >= 15 is 0 Å². The SMILES string of the molecule is C=C[CH2][K].OC(=S)S. The summed E-state index contributed by atoms with van der Waals surface area (Å²) < 4.78 is 0.965. The van der Waals surface area contributed by atoms with Gasteiger partial charge in [0.1, 0.15) is 0 Å². The van der Waals surface area contributed by atoms with Crippen LogP contribution in [0.5, 0.6) is 0 Å². The molecule has 8 heavy (non-hydrogen) atoms. The fourth-order valence-electron chi connectivity index (χ4n) is 0. The van der Waals surface area contributed by atoms with Crippen LogP contribution in [0.1, 0.15) is 0 Å². The average molecular weight is 174 g/mol. The van der Waals surface area contributed by atoms with E-state index in [1.807, 2.05) is 6.08 Å². The van der Waals surface area contributed by atoms with Gasteiger partial charge in [0.25, 0.3) is 0 Å². The van der Waals surface area contributed by atoms with Crippen LogP contribution in [0, 0.1) is 0 Å². The third kappa shape index (κ3) is 48.7. The molecule has 0 aromatic rings. The minimum absolute atomic E-state index is 0.306. The van der Waals surface area contributed by atoms with Crippen LogP contribution in [-0.2, 0) is 0 Å². The minimum atomic E-state index is -0.306. The van der Waals surface area contributed by atoms with Gasteiger partial charge in [0.05, 0.1) is 0 Å². The molecule has 0 aliphatic rings. The van der Waals surface area contributed by atoms with E-state index in [0.717, 1.165) is 49.0 Å². The van der Waals surface area contributed by atoms with Crippen molar-refractivity contribution in [2.24, 2.45) is 0 Å². The average Bonchev–Trinajstić information content (AvgIpc) is 1.65. The topological polar surface area (TPSA) is 20.2 Å². The first-order valence-corrected chi connectivity index (χ1v) is 5.24. The summed E-state index contributed by atoms with van der Waals surface area (Å²) in [6, 6.07) is 0. The van der Waals surface area contributed by atoms with Gasteiger partial charge >= 0.3 is 62.1 Å². The Bertz CT molecular complexity index is 70.4. The van der Waals surface area contributed by atoms with Crippen molar-refractivity contribution < 1.29 is 5.11 Å². The van der Waals surface area contributed by atoms with Crippen LogP contribution in [0.4, 0.5) is 0 Å². The molecule has 0 rings (SSSR count). The van der Waals surface area contributed by atoms with Gasteiger partial charge in [0.15, 0.2) is 0 Å². The molecule has 0 spiro atoms. The van der Waals surface area contributed by atoms with Crippen molar-refractivity contribution in [3.63, 3.8) is 0 Å². The molecule has 0 radical (unpaired) electrons. The number of hydrogen-bond acceptors (Lipinski definition) is 1. The first kappa shape index (κ1) is 12.3. The maximum Gasteiger partial charge on any atom is 0.214 e. The number of thiol groups is 1. The summed E-state index contributed by atoms with van der Waals surface area (Å²) in [7, 11) is 0. The molecule has 0 aromatic carbocycles. The van der Waals surface area contributed by atoms with Gasteiger partial charge in [-0.05, 0) is 12.2 Å². The summed E-state index contributed by atoms with van der Waals surface area (Å²) in [6.45, 7) is 3.53. The number of aliphatic hydroxyl groups excluding tert-OH is 1. The van der Waals surface area contributed by atoms with Crippen molar-refractivity contribution in [3.8, 4) is 0 Å². The summed E-state index contributed by atoms with van der Waals surface area (Å²) in [4.78, 5) is 0. The van der Waals surface area contributed by atoms with E-state index in [1.54, 1.807) is 0 Å². The molecule has 0 aromatic heterocycles. The van der Waals surface area contributed by atoms with Gasteiger partial charge in [-0.1, -0.05) is 12.6 Å². The molecule has 0 aliphatic heterocycles. The summed E-state index contributed by atoms with van der Waals surface area (Å²) in [5.74, 6) is 0. The summed E-state index contributed by atoms with van der Waals surface area (Å²) in [5.41, 5.74) is 0. The number of hydrogen-bond donors (Lipinski definition) is 2. The van der Waals surface area contributed by atoms with Crippen molar-refractivity contribution in [2.45, 2.75) is 0.515 Å². The quantitative estimate of drug-likeness (QED) is 0.272. The molecule has 0 saturated heterocycles. The molecule has 0 amide bonds. The van der Waals surface area contributed by atoms with Crippen LogP contribution in [0.3, 0.4) is 0 Å². The Hall–Kier alpha value is 1.62. The van der Waals surface area contributed by atoms with E-state index in [2.05, 4.69) is 31.4 Å². The third-order valence-corrected chi connectivity index (χ3v) is 1.19. The molecule has 0 saturated carbocycles. The van der Waals surface area contributed by atoms with Crippen molar-refractivity contribution in [1.29, 1.82) is 0 Å². The van der Waals surface area contributed by atoms with Crippen LogP contribution in [-0.4, -0.2) is 58.4 Å². The van der Waals surface area contributed by atoms with Crippen molar-refractivity contribution in [1.82, 2.24) is 0 Å². The first-order chi connectivity index (χ1) is 3.65. The smallest absolute Gasteiger partial charge is 0.214 e. The normalized spacial score (nSPS) is 6.38. The van der Waals surface area contributed by atoms with E-state index in [4.69, 9.17) is 5.11 Å². The molecule has 1 nitrogen and oxygen atoms in total. The fraction of sp³-hybridized carbons (Fsp3) is 0.250. The molecular weight excluding hydrogens is 167 g/mol. The van der Waals surface area contributed by atoms with Crippen LogP contribution in [0.2, 0.25) is 0.515 Å². The first-order valence-electron chi connectivity index (χ1n) is 2.17. The molecule has 0 bridgehead atoms. The molecule has 0 atom stereocenters. The van der Waals surface area contributed by atoms with Gasteiger partial charge in [-0.25, -0.2) is 0 Å². The zero-order valence-electron chi connectivity index (χ0n) is 4.79. The van der Waals surface area contributed by atoms with Crippen LogP contribution in [0.15, 0.2) is 12.7 Å². The van der Waals surface area contributed by atoms with Crippen molar-refractivity contribution in [3.05, 3.63) is 12.7 Å². The predicted octanol–water partition coefficient (Wildman–Crippen LogP) is 1.52. The van der Waals surface area contributed by atoms with E-state index in [9.17, 15) is 0 Å². The Balaban J connectivity index is 0. The van der Waals surface area contributed by atoms with E-state index in [1.165, 1.54) is 0.515 Å². The Morgan fingerprint density at radius 2 is 2.12 bits per heavy atom. The summed E-state index contributed by atoms with van der Waals surface area (Å²) in [5, 5.41) is 7.65. The van der Waals surface area contributed by atoms with Gasteiger partial charge in [-0.15, -0.1) is 0 Å².